The monoisotopic (exact) mass is 870 g/mol. The number of hydrogen-bond acceptors (Lipinski definition) is 5. The average Bonchev–Trinajstić information content (AvgIpc) is 3.27. The molecule has 0 aromatic heterocycles. The number of rotatable bonds is 49. The molecule has 0 rings (SSSR count). The first-order chi connectivity index (χ1) is 30.5. The molecule has 0 heterocycles. The highest BCUT2D eigenvalue weighted by Crippen LogP contribution is 2.15. The number of aliphatic hydroxyl groups excluding tert-OH is 2. The molecular weight excluding hydrogens is 767 g/mol. The van der Waals surface area contributed by atoms with Crippen molar-refractivity contribution >= 4 is 11.9 Å². The summed E-state index contributed by atoms with van der Waals surface area (Å²) in [4.78, 5) is 24.5. The van der Waals surface area contributed by atoms with Crippen LogP contribution < -0.4 is 5.32 Å². The van der Waals surface area contributed by atoms with Gasteiger partial charge in [-0.3, -0.25) is 9.59 Å². The number of unbranched alkanes of at least 4 members (excludes halogenated alkanes) is 32. The average molecular weight is 870 g/mol. The van der Waals surface area contributed by atoms with Crippen LogP contribution in [0.1, 0.15) is 271 Å². The van der Waals surface area contributed by atoms with Gasteiger partial charge in [0.15, 0.2) is 0 Å². The van der Waals surface area contributed by atoms with E-state index in [1.54, 1.807) is 6.08 Å². The van der Waals surface area contributed by atoms with Gasteiger partial charge in [0.25, 0.3) is 0 Å². The summed E-state index contributed by atoms with van der Waals surface area (Å²) in [5.74, 6) is -0.127. The number of hydrogen-bond donors (Lipinski definition) is 3. The van der Waals surface area contributed by atoms with Gasteiger partial charge in [0.1, 0.15) is 0 Å². The van der Waals surface area contributed by atoms with Gasteiger partial charge in [-0.15, -0.1) is 0 Å². The molecule has 0 radical (unpaired) electrons. The van der Waals surface area contributed by atoms with Crippen LogP contribution in [0.5, 0.6) is 0 Å². The second-order valence-electron chi connectivity index (χ2n) is 18.2. The molecule has 3 N–H and O–H groups in total. The molecule has 2 atom stereocenters. The van der Waals surface area contributed by atoms with Crippen molar-refractivity contribution in [1.82, 2.24) is 5.32 Å². The third kappa shape index (κ3) is 47.3. The van der Waals surface area contributed by atoms with E-state index in [0.717, 1.165) is 83.5 Å². The topological polar surface area (TPSA) is 95.9 Å². The molecule has 0 aromatic carbocycles. The molecule has 0 fully saturated rings. The summed E-state index contributed by atoms with van der Waals surface area (Å²) in [6, 6.07) is -0.650. The number of esters is 1. The number of amides is 1. The van der Waals surface area contributed by atoms with Crippen LogP contribution >= 0.6 is 0 Å². The van der Waals surface area contributed by atoms with Crippen LogP contribution in [0.3, 0.4) is 0 Å². The Balaban J connectivity index is 3.55. The van der Waals surface area contributed by atoms with Crippen molar-refractivity contribution in [2.24, 2.45) is 0 Å². The van der Waals surface area contributed by atoms with Crippen molar-refractivity contribution in [1.29, 1.82) is 0 Å². The van der Waals surface area contributed by atoms with E-state index < -0.39 is 12.1 Å². The Kier molecular flexibility index (Phi) is 49.6. The number of allylic oxidation sites excluding steroid dienone is 7. The van der Waals surface area contributed by atoms with E-state index in [2.05, 4.69) is 55.6 Å². The third-order valence-corrected chi connectivity index (χ3v) is 12.1. The van der Waals surface area contributed by atoms with Gasteiger partial charge in [0.2, 0.25) is 5.91 Å². The van der Waals surface area contributed by atoms with E-state index in [4.69, 9.17) is 4.74 Å². The molecule has 0 saturated carbocycles. The highest BCUT2D eigenvalue weighted by Gasteiger charge is 2.18. The van der Waals surface area contributed by atoms with Crippen molar-refractivity contribution < 1.29 is 24.5 Å². The lowest BCUT2D eigenvalue weighted by atomic mass is 10.0. The fourth-order valence-corrected chi connectivity index (χ4v) is 7.89. The number of ether oxygens (including phenoxy) is 1. The summed E-state index contributed by atoms with van der Waals surface area (Å²) in [6.45, 7) is 4.82. The predicted molar refractivity (Wildman–Crippen MR) is 269 cm³/mol. The summed E-state index contributed by atoms with van der Waals surface area (Å²) in [7, 11) is 0. The largest absolute Gasteiger partial charge is 0.466 e. The molecule has 0 spiro atoms. The Hall–Kier alpha value is -2.18. The van der Waals surface area contributed by atoms with Gasteiger partial charge in [-0.2, -0.15) is 0 Å². The summed E-state index contributed by atoms with van der Waals surface area (Å²) in [6.07, 6.45) is 64.0. The van der Waals surface area contributed by atoms with Crippen LogP contribution in [0.25, 0.3) is 0 Å². The summed E-state index contributed by atoms with van der Waals surface area (Å²) >= 11 is 0. The lowest BCUT2D eigenvalue weighted by Crippen LogP contribution is -2.45. The van der Waals surface area contributed by atoms with Crippen LogP contribution in [0.15, 0.2) is 48.6 Å². The van der Waals surface area contributed by atoms with Gasteiger partial charge < -0.3 is 20.3 Å². The number of aliphatic hydroxyl groups is 2. The lowest BCUT2D eigenvalue weighted by molar-refractivity contribution is -0.143. The van der Waals surface area contributed by atoms with Crippen molar-refractivity contribution in [2.75, 3.05) is 13.2 Å². The first kappa shape index (κ1) is 59.8. The van der Waals surface area contributed by atoms with Crippen LogP contribution in [-0.4, -0.2) is 47.4 Å². The van der Waals surface area contributed by atoms with Crippen molar-refractivity contribution in [3.05, 3.63) is 48.6 Å². The molecule has 0 aliphatic rings. The van der Waals surface area contributed by atoms with Gasteiger partial charge in [-0.25, -0.2) is 0 Å². The maximum atomic E-state index is 12.4. The molecule has 6 heteroatoms. The van der Waals surface area contributed by atoms with E-state index in [-0.39, 0.29) is 18.5 Å². The smallest absolute Gasteiger partial charge is 0.305 e. The molecule has 0 aliphatic carbocycles. The molecular formula is C56H103NO5. The fourth-order valence-electron chi connectivity index (χ4n) is 7.89. The molecule has 1 amide bonds. The normalized spacial score (nSPS) is 13.0. The quantitative estimate of drug-likeness (QED) is 0.0322. The maximum absolute atomic E-state index is 12.4. The van der Waals surface area contributed by atoms with Crippen LogP contribution in [0.2, 0.25) is 0 Å². The molecule has 62 heavy (non-hydrogen) atoms. The zero-order valence-electron chi connectivity index (χ0n) is 41.1. The standard InChI is InChI=1S/C56H103NO5/c1-3-5-7-9-11-13-15-17-19-20-22-24-28-32-36-40-44-48-54(59)53(52-58)57-55(60)49-45-41-37-33-29-25-23-27-31-35-39-43-47-51-62-56(61)50-46-42-38-34-30-26-21-18-16-14-12-10-8-6-4-2/h12,14,18,21,25,29,44,48,53-54,58-59H,3-11,13,15-17,19-20,22-24,26-28,30-43,45-47,49-52H2,1-2H3,(H,57,60)/b14-12-,21-18-,29-25-,48-44+. The molecule has 0 saturated heterocycles. The minimum atomic E-state index is -0.863. The van der Waals surface area contributed by atoms with Crippen molar-refractivity contribution in [2.45, 2.75) is 283 Å². The molecule has 362 valence electrons. The van der Waals surface area contributed by atoms with Gasteiger partial charge in [0.05, 0.1) is 25.4 Å². The van der Waals surface area contributed by atoms with Crippen LogP contribution in [0.4, 0.5) is 0 Å². The van der Waals surface area contributed by atoms with Crippen LogP contribution in [-0.2, 0) is 14.3 Å². The van der Waals surface area contributed by atoms with Crippen LogP contribution in [0, 0.1) is 0 Å². The Morgan fingerprint density at radius 2 is 0.806 bits per heavy atom. The van der Waals surface area contributed by atoms with E-state index >= 15 is 0 Å². The SMILES string of the molecule is CCCCC/C=C\C/C=C\CCCCCCCC(=O)OCCCCCCCC/C=C\CCCCCC(=O)NC(CO)C(O)/C=C/CCCCCCCCCCCCCCCCC. The zero-order chi connectivity index (χ0) is 45.1. The Morgan fingerprint density at radius 1 is 0.452 bits per heavy atom. The number of nitrogens with one attached hydrogen (secondary N) is 1. The Morgan fingerprint density at radius 3 is 1.29 bits per heavy atom. The Bertz CT molecular complexity index is 1050. The van der Waals surface area contributed by atoms with E-state index in [0.29, 0.717) is 19.4 Å². The van der Waals surface area contributed by atoms with E-state index in [1.807, 2.05) is 6.08 Å². The molecule has 0 bridgehead atoms. The molecule has 2 unspecified atom stereocenters. The fraction of sp³-hybridized carbons (Fsp3) is 0.821. The number of carbonyl (C=O) groups excluding carboxylic acids is 2. The molecule has 6 nitrogen and oxygen atoms in total. The number of carbonyl (C=O) groups is 2. The van der Waals surface area contributed by atoms with E-state index in [9.17, 15) is 19.8 Å². The minimum Gasteiger partial charge on any atom is -0.466 e. The first-order valence-electron chi connectivity index (χ1n) is 26.9. The van der Waals surface area contributed by atoms with Gasteiger partial charge in [0, 0.05) is 12.8 Å². The van der Waals surface area contributed by atoms with Gasteiger partial charge in [-0.1, -0.05) is 217 Å². The van der Waals surface area contributed by atoms with Gasteiger partial charge in [-0.05, 0) is 89.9 Å². The zero-order valence-corrected chi connectivity index (χ0v) is 41.1. The Labute approximate surface area is 385 Å². The highest BCUT2D eigenvalue weighted by atomic mass is 16.5. The third-order valence-electron chi connectivity index (χ3n) is 12.1. The minimum absolute atomic E-state index is 0.0286. The summed E-state index contributed by atoms with van der Waals surface area (Å²) in [5.41, 5.74) is 0. The first-order valence-corrected chi connectivity index (χ1v) is 26.9. The van der Waals surface area contributed by atoms with Crippen molar-refractivity contribution in [3.8, 4) is 0 Å². The second kappa shape index (κ2) is 51.5. The van der Waals surface area contributed by atoms with Crippen molar-refractivity contribution in [3.63, 3.8) is 0 Å². The maximum Gasteiger partial charge on any atom is 0.305 e. The highest BCUT2D eigenvalue weighted by molar-refractivity contribution is 5.76. The molecule has 0 aromatic rings. The lowest BCUT2D eigenvalue weighted by Gasteiger charge is -2.19. The summed E-state index contributed by atoms with van der Waals surface area (Å²) < 4.78 is 5.45. The van der Waals surface area contributed by atoms with E-state index in [1.165, 1.54) is 161 Å². The predicted octanol–water partition coefficient (Wildman–Crippen LogP) is 16.2. The summed E-state index contributed by atoms with van der Waals surface area (Å²) in [5, 5.41) is 23.1. The molecule has 0 aliphatic heterocycles. The second-order valence-corrected chi connectivity index (χ2v) is 18.2. The van der Waals surface area contributed by atoms with Gasteiger partial charge >= 0.3 is 5.97 Å².